The molecule has 0 atom stereocenters. The molecule has 1 aromatic heterocycles. The lowest BCUT2D eigenvalue weighted by atomic mass is 10.1. The molecule has 0 fully saturated rings. The summed E-state index contributed by atoms with van der Waals surface area (Å²) in [6.45, 7) is 3.97. The topological polar surface area (TPSA) is 79.7 Å². The Kier molecular flexibility index (Phi) is 6.18. The zero-order chi connectivity index (χ0) is 19.9. The highest BCUT2D eigenvalue weighted by molar-refractivity contribution is 7.13. The maximum atomic E-state index is 12.7. The minimum atomic E-state index is -1.09. The number of benzene rings is 2. The smallest absolute Gasteiger partial charge is 0.414 e. The maximum Gasteiger partial charge on any atom is 0.414 e. The third-order valence-corrected chi connectivity index (χ3v) is 4.72. The van der Waals surface area contributed by atoms with E-state index in [-0.39, 0.29) is 18.7 Å². The molecule has 1 heterocycles. The van der Waals surface area contributed by atoms with Gasteiger partial charge < -0.3 is 9.84 Å². The van der Waals surface area contributed by atoms with E-state index in [1.54, 1.807) is 23.7 Å². The van der Waals surface area contributed by atoms with Crippen LogP contribution in [0.4, 0.5) is 10.5 Å². The number of amides is 1. The summed E-state index contributed by atoms with van der Waals surface area (Å²) in [5.74, 6) is -1.09. The zero-order valence-corrected chi connectivity index (χ0v) is 15.8. The van der Waals surface area contributed by atoms with Crippen molar-refractivity contribution in [1.82, 2.24) is 4.98 Å². The first-order valence-electron chi connectivity index (χ1n) is 8.46. The lowest BCUT2D eigenvalue weighted by molar-refractivity contribution is 0.0696. The van der Waals surface area contributed by atoms with E-state index >= 15 is 0 Å². The average Bonchev–Trinajstić information content (AvgIpc) is 3.25. The molecule has 2 aromatic carbocycles. The average molecular weight is 394 g/mol. The summed E-state index contributed by atoms with van der Waals surface area (Å²) in [6.07, 6.45) is 2.61. The van der Waals surface area contributed by atoms with Gasteiger partial charge in [0.1, 0.15) is 11.6 Å². The van der Waals surface area contributed by atoms with Crippen LogP contribution < -0.4 is 4.90 Å². The summed E-state index contributed by atoms with van der Waals surface area (Å²) in [7, 11) is 0. The molecule has 0 radical (unpaired) electrons. The maximum absolute atomic E-state index is 12.7. The number of ether oxygens (including phenoxy) is 1. The minimum absolute atomic E-state index is 0.0626. The summed E-state index contributed by atoms with van der Waals surface area (Å²) in [5.41, 5.74) is 1.95. The highest BCUT2D eigenvalue weighted by atomic mass is 32.1. The molecule has 3 rings (SSSR count). The van der Waals surface area contributed by atoms with E-state index in [2.05, 4.69) is 11.6 Å². The molecular weight excluding hydrogens is 376 g/mol. The van der Waals surface area contributed by atoms with Crippen LogP contribution in [0.3, 0.4) is 0 Å². The highest BCUT2D eigenvalue weighted by Gasteiger charge is 2.20. The lowest BCUT2D eigenvalue weighted by Gasteiger charge is -2.22. The molecular formula is C21H18N2O4S. The van der Waals surface area contributed by atoms with Crippen molar-refractivity contribution in [2.24, 2.45) is 0 Å². The molecule has 0 saturated carbocycles. The summed E-state index contributed by atoms with van der Waals surface area (Å²) in [5, 5.41) is 11.9. The molecule has 0 spiro atoms. The largest absolute Gasteiger partial charge is 0.478 e. The number of carbonyl (C=O) groups is 2. The fourth-order valence-corrected chi connectivity index (χ4v) is 3.22. The number of carboxylic acids is 1. The van der Waals surface area contributed by atoms with Gasteiger partial charge >= 0.3 is 12.1 Å². The molecule has 0 aliphatic heterocycles. The minimum Gasteiger partial charge on any atom is -0.478 e. The van der Waals surface area contributed by atoms with Crippen LogP contribution in [0.1, 0.15) is 15.9 Å². The summed E-state index contributed by atoms with van der Waals surface area (Å²) < 4.78 is 5.41. The molecule has 7 heteroatoms. The fraction of sp³-hybridized carbons (Fsp3) is 0.0952. The Hall–Kier alpha value is -3.45. The second-order valence-corrected chi connectivity index (χ2v) is 6.74. The second-order valence-electron chi connectivity index (χ2n) is 5.85. The lowest BCUT2D eigenvalue weighted by Crippen LogP contribution is -2.31. The van der Waals surface area contributed by atoms with E-state index in [1.165, 1.54) is 28.4 Å². The number of carboxylic acid groups (broad SMARTS) is 1. The van der Waals surface area contributed by atoms with Gasteiger partial charge in [0.05, 0.1) is 5.56 Å². The van der Waals surface area contributed by atoms with Crippen molar-refractivity contribution in [2.75, 3.05) is 11.4 Å². The van der Waals surface area contributed by atoms with Crippen LogP contribution in [-0.4, -0.2) is 28.7 Å². The van der Waals surface area contributed by atoms with Crippen molar-refractivity contribution in [3.63, 3.8) is 0 Å². The fourth-order valence-electron chi connectivity index (χ4n) is 2.59. The highest BCUT2D eigenvalue weighted by Crippen LogP contribution is 2.29. The van der Waals surface area contributed by atoms with Crippen LogP contribution in [-0.2, 0) is 11.3 Å². The number of thiazole rings is 1. The Morgan fingerprint density at radius 1 is 1.21 bits per heavy atom. The van der Waals surface area contributed by atoms with Crippen LogP contribution in [0, 0.1) is 0 Å². The molecule has 3 aromatic rings. The molecule has 1 N–H and O–H groups in total. The molecule has 142 valence electrons. The molecule has 0 aliphatic rings. The van der Waals surface area contributed by atoms with E-state index in [1.807, 2.05) is 30.3 Å². The number of hydrogen-bond acceptors (Lipinski definition) is 5. The predicted molar refractivity (Wildman–Crippen MR) is 109 cm³/mol. The van der Waals surface area contributed by atoms with Gasteiger partial charge in [-0.3, -0.25) is 4.90 Å². The molecule has 0 unspecified atom stereocenters. The molecule has 0 bridgehead atoms. The summed E-state index contributed by atoms with van der Waals surface area (Å²) in [6, 6.07) is 14.0. The first-order valence-corrected chi connectivity index (χ1v) is 9.34. The van der Waals surface area contributed by atoms with Gasteiger partial charge in [-0.05, 0) is 23.8 Å². The molecule has 0 saturated heterocycles. The quantitative estimate of drug-likeness (QED) is 0.580. The van der Waals surface area contributed by atoms with Crippen LogP contribution in [0.25, 0.3) is 10.6 Å². The monoisotopic (exact) mass is 394 g/mol. The predicted octanol–water partition coefficient (Wildman–Crippen LogP) is 4.84. The van der Waals surface area contributed by atoms with Gasteiger partial charge in [0.2, 0.25) is 0 Å². The third-order valence-electron chi connectivity index (χ3n) is 3.89. The third kappa shape index (κ3) is 4.63. The van der Waals surface area contributed by atoms with Crippen molar-refractivity contribution in [2.45, 2.75) is 6.61 Å². The standard InChI is InChI=1S/C21H18N2O4S/c1-2-9-23(21(26)27-14-15-6-4-3-5-7-15)18-12-16(19-22-8-10-28-19)11-17(13-18)20(24)25/h2-8,10-13H,1,9,14H2,(H,24,25). The Balaban J connectivity index is 1.90. The van der Waals surface area contributed by atoms with E-state index in [9.17, 15) is 14.7 Å². The number of carbonyl (C=O) groups excluding carboxylic acids is 1. The Morgan fingerprint density at radius 3 is 2.64 bits per heavy atom. The van der Waals surface area contributed by atoms with E-state index in [0.29, 0.717) is 16.3 Å². The van der Waals surface area contributed by atoms with Crippen LogP contribution in [0.5, 0.6) is 0 Å². The van der Waals surface area contributed by atoms with Gasteiger partial charge in [0.25, 0.3) is 0 Å². The first-order chi connectivity index (χ1) is 13.6. The van der Waals surface area contributed by atoms with Crippen LogP contribution >= 0.6 is 11.3 Å². The van der Waals surface area contributed by atoms with Crippen molar-refractivity contribution in [3.8, 4) is 10.6 Å². The number of hydrogen-bond donors (Lipinski definition) is 1. The van der Waals surface area contributed by atoms with Crippen molar-refractivity contribution >= 4 is 29.1 Å². The number of aromatic nitrogens is 1. The van der Waals surface area contributed by atoms with Gasteiger partial charge in [-0.2, -0.15) is 0 Å². The first kappa shape index (κ1) is 19.3. The molecule has 28 heavy (non-hydrogen) atoms. The number of anilines is 1. The SMILES string of the molecule is C=CCN(C(=O)OCc1ccccc1)c1cc(C(=O)O)cc(-c2nccs2)c1. The number of aromatic carboxylic acids is 1. The zero-order valence-electron chi connectivity index (χ0n) is 14.9. The van der Waals surface area contributed by atoms with Gasteiger partial charge in [-0.25, -0.2) is 14.6 Å². The Bertz CT molecular complexity index is 971. The van der Waals surface area contributed by atoms with E-state index < -0.39 is 12.1 Å². The van der Waals surface area contributed by atoms with Crippen molar-refractivity contribution in [3.05, 3.63) is 83.9 Å². The molecule has 0 aliphatic carbocycles. The summed E-state index contributed by atoms with van der Waals surface area (Å²) in [4.78, 5) is 29.8. The second kappa shape index (κ2) is 8.96. The van der Waals surface area contributed by atoms with Crippen LogP contribution in [0.2, 0.25) is 0 Å². The normalized spacial score (nSPS) is 10.3. The van der Waals surface area contributed by atoms with Gasteiger partial charge in [0.15, 0.2) is 0 Å². The van der Waals surface area contributed by atoms with E-state index in [0.717, 1.165) is 5.56 Å². The van der Waals surface area contributed by atoms with Gasteiger partial charge in [-0.1, -0.05) is 36.4 Å². The van der Waals surface area contributed by atoms with Crippen molar-refractivity contribution in [1.29, 1.82) is 0 Å². The molecule has 1 amide bonds. The van der Waals surface area contributed by atoms with Gasteiger partial charge in [-0.15, -0.1) is 17.9 Å². The van der Waals surface area contributed by atoms with Crippen molar-refractivity contribution < 1.29 is 19.4 Å². The molecule has 6 nitrogen and oxygen atoms in total. The van der Waals surface area contributed by atoms with Gasteiger partial charge in [0, 0.05) is 29.4 Å². The number of nitrogens with zero attached hydrogens (tertiary/aromatic N) is 2. The summed E-state index contributed by atoms with van der Waals surface area (Å²) >= 11 is 1.39. The van der Waals surface area contributed by atoms with E-state index in [4.69, 9.17) is 4.74 Å². The Labute approximate surface area is 166 Å². The van der Waals surface area contributed by atoms with Crippen LogP contribution in [0.15, 0.2) is 72.8 Å². The Morgan fingerprint density at radius 2 is 2.00 bits per heavy atom. The number of rotatable bonds is 7.